The fourth-order valence-electron chi connectivity index (χ4n) is 4.11. The summed E-state index contributed by atoms with van der Waals surface area (Å²) in [5.41, 5.74) is 2.37. The minimum absolute atomic E-state index is 0.177. The van der Waals surface area contributed by atoms with Gasteiger partial charge in [-0.1, -0.05) is 33.3 Å². The predicted molar refractivity (Wildman–Crippen MR) is 162 cm³/mol. The van der Waals surface area contributed by atoms with Crippen molar-refractivity contribution in [1.29, 1.82) is 0 Å². The zero-order valence-corrected chi connectivity index (χ0v) is 26.1. The first kappa shape index (κ1) is 32.4. The van der Waals surface area contributed by atoms with Gasteiger partial charge in [-0.15, -0.1) is 11.3 Å². The van der Waals surface area contributed by atoms with Crippen molar-refractivity contribution in [2.24, 2.45) is 5.92 Å². The fraction of sp³-hybridized carbons (Fsp3) is 0.567. The molecule has 1 saturated heterocycles. The van der Waals surface area contributed by atoms with Gasteiger partial charge in [-0.2, -0.15) is 5.10 Å². The molecule has 0 bridgehead atoms. The summed E-state index contributed by atoms with van der Waals surface area (Å²) in [5.74, 6) is 0.0193. The Morgan fingerprint density at radius 1 is 1.10 bits per heavy atom. The van der Waals surface area contributed by atoms with Crippen molar-refractivity contribution in [2.45, 2.75) is 85.5 Å². The van der Waals surface area contributed by atoms with Gasteiger partial charge >= 0.3 is 0 Å². The van der Waals surface area contributed by atoms with Crippen molar-refractivity contribution in [3.8, 4) is 11.4 Å². The first-order valence-electron chi connectivity index (χ1n) is 14.3. The van der Waals surface area contributed by atoms with Crippen molar-refractivity contribution in [3.05, 3.63) is 47.2 Å². The number of aromatic nitrogens is 4. The molecular weight excluding hydrogens is 540 g/mol. The van der Waals surface area contributed by atoms with Crippen LogP contribution in [0.1, 0.15) is 77.0 Å². The molecule has 0 radical (unpaired) electrons. The summed E-state index contributed by atoms with van der Waals surface area (Å²) < 4.78 is 12.7. The molecule has 11 heteroatoms. The highest BCUT2D eigenvalue weighted by Crippen LogP contribution is 2.25. The molecule has 10 nitrogen and oxygen atoms in total. The number of aryl methyl sites for hydroxylation is 1. The maximum absolute atomic E-state index is 12.2. The van der Waals surface area contributed by atoms with Crippen LogP contribution in [0.2, 0.25) is 0 Å². The van der Waals surface area contributed by atoms with Crippen molar-refractivity contribution in [1.82, 2.24) is 25.1 Å². The van der Waals surface area contributed by atoms with Gasteiger partial charge in [-0.05, 0) is 64.7 Å². The Morgan fingerprint density at radius 2 is 1.85 bits per heavy atom. The molecule has 3 unspecified atom stereocenters. The highest BCUT2D eigenvalue weighted by Gasteiger charge is 2.36. The highest BCUT2D eigenvalue weighted by atomic mass is 32.1. The summed E-state index contributed by atoms with van der Waals surface area (Å²) in [7, 11) is 0. The second kappa shape index (κ2) is 15.2. The Morgan fingerprint density at radius 3 is 2.49 bits per heavy atom. The average molecular weight is 585 g/mol. The van der Waals surface area contributed by atoms with Crippen molar-refractivity contribution < 1.29 is 19.1 Å². The molecule has 3 aromatic heterocycles. The minimum atomic E-state index is -0.411. The molecule has 3 atom stereocenters. The number of hydrogen-bond acceptors (Lipinski definition) is 8. The van der Waals surface area contributed by atoms with Crippen LogP contribution in [-0.4, -0.2) is 63.5 Å². The van der Waals surface area contributed by atoms with Crippen LogP contribution in [0.25, 0.3) is 11.4 Å². The molecule has 0 saturated carbocycles. The van der Waals surface area contributed by atoms with Crippen LogP contribution in [0.5, 0.6) is 0 Å². The van der Waals surface area contributed by atoms with E-state index in [4.69, 9.17) is 9.47 Å². The van der Waals surface area contributed by atoms with Gasteiger partial charge in [0.05, 0.1) is 37.7 Å². The number of amides is 2. The second-order valence-electron chi connectivity index (χ2n) is 11.0. The summed E-state index contributed by atoms with van der Waals surface area (Å²) in [6, 6.07) is 7.30. The lowest BCUT2D eigenvalue weighted by molar-refractivity contribution is -0.115. The third kappa shape index (κ3) is 9.72. The molecule has 0 aliphatic carbocycles. The van der Waals surface area contributed by atoms with E-state index in [-0.39, 0.29) is 23.7 Å². The summed E-state index contributed by atoms with van der Waals surface area (Å²) in [5, 5.41) is 11.8. The van der Waals surface area contributed by atoms with Crippen LogP contribution >= 0.6 is 11.3 Å². The van der Waals surface area contributed by atoms with E-state index in [0.717, 1.165) is 23.7 Å². The number of nitrogens with one attached hydrogen (secondary N) is 2. The monoisotopic (exact) mass is 584 g/mol. The zero-order valence-electron chi connectivity index (χ0n) is 25.3. The van der Waals surface area contributed by atoms with Gasteiger partial charge < -0.3 is 20.1 Å². The van der Waals surface area contributed by atoms with Crippen LogP contribution < -0.4 is 10.6 Å². The van der Waals surface area contributed by atoms with E-state index in [1.807, 2.05) is 37.4 Å². The van der Waals surface area contributed by atoms with E-state index in [9.17, 15) is 9.59 Å². The number of rotatable bonds is 12. The maximum atomic E-state index is 12.2. The van der Waals surface area contributed by atoms with E-state index in [2.05, 4.69) is 60.3 Å². The predicted octanol–water partition coefficient (Wildman–Crippen LogP) is 5.45. The van der Waals surface area contributed by atoms with Crippen LogP contribution in [0, 0.1) is 12.8 Å². The van der Waals surface area contributed by atoms with Gasteiger partial charge in [0.2, 0.25) is 5.91 Å². The minimum Gasteiger partial charge on any atom is -0.376 e. The van der Waals surface area contributed by atoms with E-state index in [1.165, 1.54) is 24.2 Å². The topological polar surface area (TPSA) is 120 Å². The highest BCUT2D eigenvalue weighted by molar-refractivity contribution is 7.14. The zero-order chi connectivity index (χ0) is 30.0. The number of nitrogens with zero attached hydrogens (tertiary/aromatic N) is 4. The number of carbonyl (C=O) groups excluding carboxylic acids is 2. The molecular formula is C30H44N6O4S. The van der Waals surface area contributed by atoms with Gasteiger partial charge in [0.15, 0.2) is 5.13 Å². The van der Waals surface area contributed by atoms with Gasteiger partial charge in [0.25, 0.3) is 5.91 Å². The third-order valence-electron chi connectivity index (χ3n) is 6.98. The molecule has 4 rings (SSSR count). The van der Waals surface area contributed by atoms with Crippen molar-refractivity contribution >= 4 is 28.3 Å². The van der Waals surface area contributed by atoms with E-state index >= 15 is 0 Å². The maximum Gasteiger partial charge on any atom is 0.272 e. The summed E-state index contributed by atoms with van der Waals surface area (Å²) in [6.45, 7) is 15.9. The molecule has 3 aromatic rings. The molecule has 2 amide bonds. The molecule has 0 aromatic carbocycles. The van der Waals surface area contributed by atoms with Crippen LogP contribution in [0.3, 0.4) is 0 Å². The Hall–Kier alpha value is -3.15. The van der Waals surface area contributed by atoms with Crippen LogP contribution in [0.4, 0.5) is 5.13 Å². The van der Waals surface area contributed by atoms with Crippen molar-refractivity contribution in [2.75, 3.05) is 25.1 Å². The standard InChI is InChI=1S/C19H20N6O3S.C11H24O/c1-12-4-3-5-13(21-12)15-9-29-18(22-15)23-16(26)8-20-17(27)14-6-7-25(24-14)19(2)10-28-11-19;1-6-9(3)8-11(5)12-10(4)7-2/h3-7,9H,8,10-11H2,1-2H3,(H,20,27)(H,22,23,26);9-11H,6-8H2,1-5H3. The molecule has 41 heavy (non-hydrogen) atoms. The molecule has 4 heterocycles. The van der Waals surface area contributed by atoms with Gasteiger partial charge in [-0.3, -0.25) is 19.3 Å². The molecule has 1 fully saturated rings. The lowest BCUT2D eigenvalue weighted by Gasteiger charge is -2.38. The quantitative estimate of drug-likeness (QED) is 0.290. The number of ether oxygens (including phenoxy) is 2. The van der Waals surface area contributed by atoms with E-state index in [1.54, 1.807) is 16.9 Å². The van der Waals surface area contributed by atoms with Crippen LogP contribution in [-0.2, 0) is 19.8 Å². The Balaban J connectivity index is 0.000000327. The summed E-state index contributed by atoms with van der Waals surface area (Å²) in [6.07, 6.45) is 6.16. The Kier molecular flexibility index (Phi) is 12.0. The average Bonchev–Trinajstić information content (AvgIpc) is 3.61. The first-order chi connectivity index (χ1) is 19.5. The number of carbonyl (C=O) groups is 2. The number of thiazole rings is 1. The Labute approximate surface area is 247 Å². The van der Waals surface area contributed by atoms with Gasteiger partial charge in [0, 0.05) is 17.3 Å². The molecule has 1 aliphatic heterocycles. The summed E-state index contributed by atoms with van der Waals surface area (Å²) in [4.78, 5) is 33.2. The lowest BCUT2D eigenvalue weighted by Crippen LogP contribution is -2.49. The summed E-state index contributed by atoms with van der Waals surface area (Å²) >= 11 is 1.30. The normalized spacial score (nSPS) is 16.0. The van der Waals surface area contributed by atoms with Gasteiger partial charge in [-0.25, -0.2) is 4.98 Å². The van der Waals surface area contributed by atoms with Gasteiger partial charge in [0.1, 0.15) is 16.9 Å². The smallest absolute Gasteiger partial charge is 0.272 e. The molecule has 2 N–H and O–H groups in total. The third-order valence-corrected chi connectivity index (χ3v) is 7.74. The molecule has 224 valence electrons. The fourth-order valence-corrected chi connectivity index (χ4v) is 4.83. The van der Waals surface area contributed by atoms with E-state index < -0.39 is 5.91 Å². The number of anilines is 1. The lowest BCUT2D eigenvalue weighted by atomic mass is 10.0. The molecule has 1 aliphatic rings. The SMILES string of the molecule is CCC(C)CC(C)OC(C)CC.Cc1cccc(-c2csc(NC(=O)CNC(=O)c3ccn(C4(C)COC4)n3)n2)n1. The number of pyridine rings is 1. The van der Waals surface area contributed by atoms with E-state index in [0.29, 0.717) is 36.2 Å². The number of hydrogen-bond donors (Lipinski definition) is 2. The first-order valence-corrected chi connectivity index (χ1v) is 15.2. The Bertz CT molecular complexity index is 1260. The molecule has 0 spiro atoms. The second-order valence-corrected chi connectivity index (χ2v) is 11.8. The largest absolute Gasteiger partial charge is 0.376 e. The van der Waals surface area contributed by atoms with Crippen LogP contribution in [0.15, 0.2) is 35.8 Å². The van der Waals surface area contributed by atoms with Crippen molar-refractivity contribution in [3.63, 3.8) is 0 Å².